The van der Waals surface area contributed by atoms with Gasteiger partial charge in [-0.15, -0.1) is 0 Å². The molecule has 0 fully saturated rings. The van der Waals surface area contributed by atoms with Crippen molar-refractivity contribution in [2.24, 2.45) is 0 Å². The van der Waals surface area contributed by atoms with E-state index in [0.717, 1.165) is 6.20 Å². The molecule has 1 aromatic rings. The number of methoxy groups -OCH3 is 1. The normalized spacial score (nSPS) is 14.1. The van der Waals surface area contributed by atoms with Crippen molar-refractivity contribution in [1.29, 1.82) is 0 Å². The summed E-state index contributed by atoms with van der Waals surface area (Å²) in [6, 6.07) is 0. The van der Waals surface area contributed by atoms with Crippen LogP contribution in [0.25, 0.3) is 6.08 Å². The van der Waals surface area contributed by atoms with Crippen LogP contribution in [-0.2, 0) is 6.18 Å². The first-order chi connectivity index (χ1) is 7.04. The van der Waals surface area contributed by atoms with Gasteiger partial charge >= 0.3 is 94.3 Å². The summed E-state index contributed by atoms with van der Waals surface area (Å²) in [5, 5.41) is 0. The molecule has 1 aliphatic heterocycles. The molecular weight excluding hydrogens is 314 g/mol. The van der Waals surface area contributed by atoms with Gasteiger partial charge in [0.2, 0.25) is 0 Å². The SMILES string of the molecule is COc1ncc(C(F)(F)F)c2[c]1[Sn][CH]=C2. The van der Waals surface area contributed by atoms with Gasteiger partial charge in [0, 0.05) is 0 Å². The second-order valence-corrected chi connectivity index (χ2v) is 6.15. The molecule has 1 aromatic heterocycles. The van der Waals surface area contributed by atoms with Crippen LogP contribution in [0.3, 0.4) is 0 Å². The molecule has 0 saturated heterocycles. The van der Waals surface area contributed by atoms with E-state index in [9.17, 15) is 13.2 Å². The zero-order valence-electron chi connectivity index (χ0n) is 7.72. The second kappa shape index (κ2) is 3.69. The predicted octanol–water partition coefficient (Wildman–Crippen LogP) is 1.42. The molecule has 0 aliphatic carbocycles. The number of halogens is 3. The Morgan fingerprint density at radius 1 is 1.40 bits per heavy atom. The summed E-state index contributed by atoms with van der Waals surface area (Å²) >= 11 is -1.07. The van der Waals surface area contributed by atoms with E-state index in [1.54, 1.807) is 0 Å². The third kappa shape index (κ3) is 1.84. The van der Waals surface area contributed by atoms with Crippen LogP contribution in [0.4, 0.5) is 13.2 Å². The van der Waals surface area contributed by atoms with E-state index in [1.165, 1.54) is 13.2 Å². The Balaban J connectivity index is 2.61. The minimum absolute atomic E-state index is 0.251. The summed E-state index contributed by atoms with van der Waals surface area (Å²) in [5.41, 5.74) is -0.408. The van der Waals surface area contributed by atoms with Crippen molar-refractivity contribution in [1.82, 2.24) is 4.98 Å². The Kier molecular flexibility index (Phi) is 2.66. The molecular formula is C9H6F3NOSn. The van der Waals surface area contributed by atoms with Crippen molar-refractivity contribution >= 4 is 30.8 Å². The summed E-state index contributed by atoms with van der Waals surface area (Å²) < 4.78 is 45.2. The molecule has 0 atom stereocenters. The van der Waals surface area contributed by atoms with Gasteiger partial charge in [0.05, 0.1) is 0 Å². The number of nitrogens with zero attached hydrogens (tertiary/aromatic N) is 1. The summed E-state index contributed by atoms with van der Waals surface area (Å²) in [7, 11) is 1.42. The summed E-state index contributed by atoms with van der Waals surface area (Å²) in [5.74, 6) is 0.342. The van der Waals surface area contributed by atoms with Gasteiger partial charge in [-0.2, -0.15) is 0 Å². The van der Waals surface area contributed by atoms with Crippen molar-refractivity contribution in [2.75, 3.05) is 7.11 Å². The van der Waals surface area contributed by atoms with Gasteiger partial charge in [-0.25, -0.2) is 0 Å². The predicted molar refractivity (Wildman–Crippen MR) is 50.2 cm³/mol. The van der Waals surface area contributed by atoms with Crippen LogP contribution in [0.5, 0.6) is 5.88 Å². The maximum absolute atomic E-state index is 12.6. The quantitative estimate of drug-likeness (QED) is 0.731. The van der Waals surface area contributed by atoms with E-state index in [-0.39, 0.29) is 5.56 Å². The number of aromatic nitrogens is 1. The van der Waals surface area contributed by atoms with Crippen LogP contribution >= 0.6 is 0 Å². The van der Waals surface area contributed by atoms with E-state index in [2.05, 4.69) is 4.98 Å². The fourth-order valence-corrected chi connectivity index (χ4v) is 4.49. The third-order valence-electron chi connectivity index (χ3n) is 2.06. The van der Waals surface area contributed by atoms with Crippen molar-refractivity contribution < 1.29 is 17.9 Å². The molecule has 2 heterocycles. The number of pyridine rings is 1. The summed E-state index contributed by atoms with van der Waals surface area (Å²) in [4.78, 5) is 3.70. The molecule has 0 aromatic carbocycles. The number of hydrogen-bond donors (Lipinski definition) is 0. The number of hydrogen-bond acceptors (Lipinski definition) is 2. The van der Waals surface area contributed by atoms with Crippen molar-refractivity contribution in [3.63, 3.8) is 0 Å². The van der Waals surface area contributed by atoms with E-state index in [1.807, 2.05) is 4.09 Å². The van der Waals surface area contributed by atoms with Gasteiger partial charge in [0.15, 0.2) is 0 Å². The molecule has 0 amide bonds. The van der Waals surface area contributed by atoms with Crippen molar-refractivity contribution in [3.8, 4) is 5.88 Å². The average molecular weight is 320 g/mol. The molecule has 1 aliphatic rings. The Bertz CT molecular complexity index is 428. The van der Waals surface area contributed by atoms with Crippen molar-refractivity contribution in [2.45, 2.75) is 6.18 Å². The molecule has 78 valence electrons. The van der Waals surface area contributed by atoms with Gasteiger partial charge in [-0.3, -0.25) is 0 Å². The fraction of sp³-hybridized carbons (Fsp3) is 0.222. The number of ether oxygens (including phenoxy) is 1. The molecule has 2 rings (SSSR count). The Morgan fingerprint density at radius 3 is 2.73 bits per heavy atom. The molecule has 2 radical (unpaired) electrons. The molecule has 15 heavy (non-hydrogen) atoms. The first kappa shape index (κ1) is 10.8. The van der Waals surface area contributed by atoms with Crippen LogP contribution in [-0.4, -0.2) is 33.2 Å². The van der Waals surface area contributed by atoms with Gasteiger partial charge in [-0.05, 0) is 0 Å². The van der Waals surface area contributed by atoms with Gasteiger partial charge in [0.1, 0.15) is 0 Å². The minimum atomic E-state index is -4.34. The second-order valence-electron chi connectivity index (χ2n) is 2.95. The van der Waals surface area contributed by atoms with Crippen LogP contribution in [0.2, 0.25) is 0 Å². The first-order valence-corrected chi connectivity index (χ1v) is 7.19. The molecule has 0 saturated carbocycles. The third-order valence-corrected chi connectivity index (χ3v) is 5.22. The van der Waals surface area contributed by atoms with E-state index in [0.29, 0.717) is 9.46 Å². The van der Waals surface area contributed by atoms with E-state index < -0.39 is 32.9 Å². The monoisotopic (exact) mass is 321 g/mol. The molecule has 0 bridgehead atoms. The Hall–Kier alpha value is -0.721. The molecule has 6 heteroatoms. The molecule has 0 unspecified atom stereocenters. The standard InChI is InChI=1S/C9H6F3NO.Sn/c1-3-6-4-8(14-2)13-5-7(6)9(10,11)12;/h1,3,5H,2H3;. The zero-order chi connectivity index (χ0) is 11.1. The molecule has 0 N–H and O–H groups in total. The number of alkyl halides is 3. The van der Waals surface area contributed by atoms with Gasteiger partial charge < -0.3 is 0 Å². The van der Waals surface area contributed by atoms with Crippen molar-refractivity contribution in [3.05, 3.63) is 21.4 Å². The van der Waals surface area contributed by atoms with Crippen LogP contribution < -0.4 is 8.32 Å². The summed E-state index contributed by atoms with van der Waals surface area (Å²) in [6.07, 6.45) is -1.96. The number of rotatable bonds is 1. The van der Waals surface area contributed by atoms with E-state index >= 15 is 0 Å². The fourth-order valence-electron chi connectivity index (χ4n) is 1.41. The van der Waals surface area contributed by atoms with Gasteiger partial charge in [-0.1, -0.05) is 0 Å². The summed E-state index contributed by atoms with van der Waals surface area (Å²) in [6.45, 7) is 0. The van der Waals surface area contributed by atoms with Crippen LogP contribution in [0, 0.1) is 0 Å². The van der Waals surface area contributed by atoms with Gasteiger partial charge in [0.25, 0.3) is 0 Å². The maximum atomic E-state index is 12.6. The molecule has 0 spiro atoms. The van der Waals surface area contributed by atoms with Crippen LogP contribution in [0.15, 0.2) is 10.3 Å². The molecule has 2 nitrogen and oxygen atoms in total. The topological polar surface area (TPSA) is 22.1 Å². The van der Waals surface area contributed by atoms with Crippen LogP contribution in [0.1, 0.15) is 11.1 Å². The zero-order valence-corrected chi connectivity index (χ0v) is 10.6. The number of fused-ring (bicyclic) bond motifs is 1. The van der Waals surface area contributed by atoms with E-state index in [4.69, 9.17) is 4.74 Å². The Morgan fingerprint density at radius 2 is 2.13 bits per heavy atom. The average Bonchev–Trinajstić information content (AvgIpc) is 2.62. The first-order valence-electron chi connectivity index (χ1n) is 4.11. The Labute approximate surface area is 94.4 Å².